The Labute approximate surface area is 101 Å². The van der Waals surface area contributed by atoms with Crippen molar-refractivity contribution in [3.8, 4) is 0 Å². The van der Waals surface area contributed by atoms with E-state index in [9.17, 15) is 0 Å². The molecule has 0 heterocycles. The van der Waals surface area contributed by atoms with Gasteiger partial charge in [0.15, 0.2) is 0 Å². The van der Waals surface area contributed by atoms with Crippen molar-refractivity contribution in [1.29, 1.82) is 0 Å². The molecule has 0 aromatic heterocycles. The first kappa shape index (κ1) is 14.0. The quantitative estimate of drug-likeness (QED) is 0.757. The zero-order valence-corrected chi connectivity index (χ0v) is 11.6. The summed E-state index contributed by atoms with van der Waals surface area (Å²) in [6.07, 6.45) is 3.49. The second-order valence-corrected chi connectivity index (χ2v) is 7.17. The van der Waals surface area contributed by atoms with Gasteiger partial charge in [-0.25, -0.2) is 0 Å². The summed E-state index contributed by atoms with van der Waals surface area (Å²) in [6, 6.07) is 0.660. The third kappa shape index (κ3) is 4.06. The van der Waals surface area contributed by atoms with Gasteiger partial charge in [0.1, 0.15) is 0 Å². The maximum absolute atomic E-state index is 9.00. The maximum atomic E-state index is 9.00. The smallest absolute Gasteiger partial charge is 0.0436 e. The normalized spacial score (nSPS) is 29.6. The van der Waals surface area contributed by atoms with Crippen molar-refractivity contribution in [2.24, 2.45) is 16.7 Å². The van der Waals surface area contributed by atoms with Crippen molar-refractivity contribution in [3.05, 3.63) is 0 Å². The molecular formula is C14H29NO. The van der Waals surface area contributed by atoms with Crippen LogP contribution in [-0.2, 0) is 0 Å². The van der Waals surface area contributed by atoms with Crippen LogP contribution in [0.5, 0.6) is 0 Å². The van der Waals surface area contributed by atoms with E-state index >= 15 is 0 Å². The Morgan fingerprint density at radius 3 is 2.38 bits per heavy atom. The molecule has 1 fully saturated rings. The van der Waals surface area contributed by atoms with Gasteiger partial charge in [-0.1, -0.05) is 34.6 Å². The number of hydrogen-bond donors (Lipinski definition) is 2. The van der Waals surface area contributed by atoms with Gasteiger partial charge >= 0.3 is 0 Å². The van der Waals surface area contributed by atoms with E-state index in [2.05, 4.69) is 39.9 Å². The summed E-state index contributed by atoms with van der Waals surface area (Å²) < 4.78 is 0. The van der Waals surface area contributed by atoms with Gasteiger partial charge in [-0.05, 0) is 36.0 Å². The Bertz CT molecular complexity index is 223. The van der Waals surface area contributed by atoms with Gasteiger partial charge in [-0.3, -0.25) is 0 Å². The maximum Gasteiger partial charge on any atom is 0.0436 e. The summed E-state index contributed by atoms with van der Waals surface area (Å²) in [6.45, 7) is 12.8. The average Bonchev–Trinajstić information content (AvgIpc) is 2.36. The molecule has 2 atom stereocenters. The average molecular weight is 227 g/mol. The van der Waals surface area contributed by atoms with Crippen molar-refractivity contribution in [3.63, 3.8) is 0 Å². The molecule has 0 saturated heterocycles. The molecule has 1 aliphatic rings. The van der Waals surface area contributed by atoms with Crippen molar-refractivity contribution in [2.75, 3.05) is 13.2 Å². The van der Waals surface area contributed by atoms with Crippen LogP contribution in [-0.4, -0.2) is 24.3 Å². The van der Waals surface area contributed by atoms with E-state index in [4.69, 9.17) is 5.11 Å². The minimum absolute atomic E-state index is 0.210. The highest BCUT2D eigenvalue weighted by atomic mass is 16.3. The fourth-order valence-corrected chi connectivity index (χ4v) is 2.97. The van der Waals surface area contributed by atoms with Crippen molar-refractivity contribution in [1.82, 2.24) is 5.32 Å². The van der Waals surface area contributed by atoms with Crippen LogP contribution in [0.25, 0.3) is 0 Å². The summed E-state index contributed by atoms with van der Waals surface area (Å²) in [7, 11) is 0. The van der Waals surface area contributed by atoms with E-state index in [0.29, 0.717) is 18.1 Å². The fourth-order valence-electron chi connectivity index (χ4n) is 2.97. The van der Waals surface area contributed by atoms with Crippen molar-refractivity contribution >= 4 is 0 Å². The molecule has 0 radical (unpaired) electrons. The number of aliphatic hydroxyl groups is 1. The molecule has 2 heteroatoms. The van der Waals surface area contributed by atoms with Gasteiger partial charge in [0.05, 0.1) is 0 Å². The molecule has 2 N–H and O–H groups in total. The molecule has 2 unspecified atom stereocenters. The van der Waals surface area contributed by atoms with Crippen LogP contribution >= 0.6 is 0 Å². The summed E-state index contributed by atoms with van der Waals surface area (Å²) in [5.74, 6) is 0.778. The molecule has 0 bridgehead atoms. The monoisotopic (exact) mass is 227 g/mol. The lowest BCUT2D eigenvalue weighted by molar-refractivity contribution is 0.199. The third-order valence-electron chi connectivity index (χ3n) is 3.97. The predicted octanol–water partition coefficient (Wildman–Crippen LogP) is 2.81. The predicted molar refractivity (Wildman–Crippen MR) is 69.5 cm³/mol. The molecule has 0 amide bonds. The standard InChI is InChI=1S/C14H29NO/c1-11-8-14(4,5)9-12(11)15-10-13(2,3)6-7-16/h11-12,15-16H,6-10H2,1-5H3. The number of hydrogen-bond acceptors (Lipinski definition) is 2. The SMILES string of the molecule is CC1CC(C)(C)CC1NCC(C)(C)CCO. The van der Waals surface area contributed by atoms with E-state index in [1.807, 2.05) is 0 Å². The van der Waals surface area contributed by atoms with Crippen LogP contribution in [0.3, 0.4) is 0 Å². The molecule has 96 valence electrons. The topological polar surface area (TPSA) is 32.3 Å². The lowest BCUT2D eigenvalue weighted by Gasteiger charge is -2.28. The van der Waals surface area contributed by atoms with Gasteiger partial charge in [0.2, 0.25) is 0 Å². The fraction of sp³-hybridized carbons (Fsp3) is 1.00. The lowest BCUT2D eigenvalue weighted by atomic mass is 9.89. The largest absolute Gasteiger partial charge is 0.396 e. The summed E-state index contributed by atoms with van der Waals surface area (Å²) >= 11 is 0. The summed E-state index contributed by atoms with van der Waals surface area (Å²) in [5, 5.41) is 12.7. The van der Waals surface area contributed by atoms with Gasteiger partial charge in [-0.2, -0.15) is 0 Å². The second-order valence-electron chi connectivity index (χ2n) is 7.17. The minimum atomic E-state index is 0.210. The van der Waals surface area contributed by atoms with Crippen LogP contribution in [0, 0.1) is 16.7 Å². The molecule has 1 rings (SSSR count). The number of nitrogens with one attached hydrogen (secondary N) is 1. The van der Waals surface area contributed by atoms with Gasteiger partial charge in [-0.15, -0.1) is 0 Å². The molecular weight excluding hydrogens is 198 g/mol. The zero-order chi connectivity index (χ0) is 12.4. The molecule has 0 aromatic carbocycles. The highest BCUT2D eigenvalue weighted by Crippen LogP contribution is 2.41. The van der Waals surface area contributed by atoms with Gasteiger partial charge in [0, 0.05) is 19.2 Å². The zero-order valence-electron chi connectivity index (χ0n) is 11.6. The molecule has 1 aliphatic carbocycles. The van der Waals surface area contributed by atoms with Gasteiger partial charge in [0.25, 0.3) is 0 Å². The first-order chi connectivity index (χ1) is 7.26. The molecule has 0 spiro atoms. The van der Waals surface area contributed by atoms with E-state index < -0.39 is 0 Å². The Balaban J connectivity index is 2.39. The highest BCUT2D eigenvalue weighted by Gasteiger charge is 2.36. The van der Waals surface area contributed by atoms with E-state index in [0.717, 1.165) is 18.9 Å². The van der Waals surface area contributed by atoms with E-state index in [-0.39, 0.29) is 5.41 Å². The first-order valence-corrected chi connectivity index (χ1v) is 6.60. The lowest BCUT2D eigenvalue weighted by Crippen LogP contribution is -2.39. The number of aliphatic hydroxyl groups excluding tert-OH is 1. The Hall–Kier alpha value is -0.0800. The molecule has 16 heavy (non-hydrogen) atoms. The molecule has 0 aliphatic heterocycles. The van der Waals surface area contributed by atoms with Crippen molar-refractivity contribution in [2.45, 2.75) is 59.9 Å². The van der Waals surface area contributed by atoms with Crippen molar-refractivity contribution < 1.29 is 5.11 Å². The Morgan fingerprint density at radius 2 is 1.94 bits per heavy atom. The summed E-state index contributed by atoms with van der Waals surface area (Å²) in [5.41, 5.74) is 0.708. The van der Waals surface area contributed by atoms with Crippen LogP contribution in [0.1, 0.15) is 53.9 Å². The highest BCUT2D eigenvalue weighted by molar-refractivity contribution is 4.92. The third-order valence-corrected chi connectivity index (χ3v) is 3.97. The van der Waals surface area contributed by atoms with E-state index in [1.165, 1.54) is 12.8 Å². The molecule has 0 aromatic rings. The summed E-state index contributed by atoms with van der Waals surface area (Å²) in [4.78, 5) is 0. The van der Waals surface area contributed by atoms with E-state index in [1.54, 1.807) is 0 Å². The van der Waals surface area contributed by atoms with Crippen LogP contribution in [0.2, 0.25) is 0 Å². The number of rotatable bonds is 5. The van der Waals surface area contributed by atoms with Gasteiger partial charge < -0.3 is 10.4 Å². The van der Waals surface area contributed by atoms with Crippen LogP contribution in [0.15, 0.2) is 0 Å². The second kappa shape index (κ2) is 5.05. The Kier molecular flexibility index (Phi) is 4.42. The minimum Gasteiger partial charge on any atom is -0.396 e. The van der Waals surface area contributed by atoms with Crippen LogP contribution < -0.4 is 5.32 Å². The molecule has 2 nitrogen and oxygen atoms in total. The van der Waals surface area contributed by atoms with Crippen LogP contribution in [0.4, 0.5) is 0 Å². The first-order valence-electron chi connectivity index (χ1n) is 6.60. The molecule has 1 saturated carbocycles. The Morgan fingerprint density at radius 1 is 1.31 bits per heavy atom.